The predicted molar refractivity (Wildman–Crippen MR) is 222 cm³/mol. The number of aryl methyl sites for hydroxylation is 1. The average molecular weight is 799 g/mol. The number of likely N-dealkylation sites (tertiary alicyclic amines) is 1. The zero-order valence-corrected chi connectivity index (χ0v) is 33.7. The molecule has 7 heterocycles. The number of nitrogens with one attached hydrogen (secondary N) is 2. The SMILES string of the molecule is COc1cn2nc(C3CCC(CN4CCC5(CC4)CCN(c4cccc6c4n(C)c(=O)n6C4CCC(=O)NC4=O)CC5)CC3)cc2cc1NC(=O)c1cncc(C#N)c1. The highest BCUT2D eigenvalue weighted by molar-refractivity contribution is 6.05. The third kappa shape index (κ3) is 7.35. The fraction of sp³-hybridized carbons (Fsp3) is 0.477. The van der Waals surface area contributed by atoms with Crippen molar-refractivity contribution in [3.63, 3.8) is 0 Å². The first-order chi connectivity index (χ1) is 28.6. The minimum atomic E-state index is -0.690. The molecule has 4 aliphatic rings. The Bertz CT molecular complexity index is 2540. The zero-order chi connectivity index (χ0) is 40.8. The fourth-order valence-electron chi connectivity index (χ4n) is 10.2. The standard InChI is InChI=1S/C44H50N10O5/c1-50-40-35(4-3-5-36(40)54(43(50)58)37-10-11-39(55)48-42(37)57)52-18-14-44(15-19-52)12-16-51(17-13-44)26-28-6-8-30(9-7-28)33-21-32-22-34(38(59-2)27-53(32)49-33)47-41(56)31-20-29(23-45)24-46-25-31/h3-5,20-22,24-25,27-28,30,37H,6-19,26H2,1-2H3,(H,47,56)(H,48,55,57). The number of aromatic nitrogens is 5. The van der Waals surface area contributed by atoms with E-state index in [4.69, 9.17) is 9.84 Å². The van der Waals surface area contributed by atoms with E-state index in [-0.39, 0.29) is 23.9 Å². The van der Waals surface area contributed by atoms with Crippen molar-refractivity contribution in [3.8, 4) is 11.8 Å². The summed E-state index contributed by atoms with van der Waals surface area (Å²) in [5, 5.41) is 19.5. The Morgan fingerprint density at radius 1 is 1.00 bits per heavy atom. The van der Waals surface area contributed by atoms with Gasteiger partial charge in [0.1, 0.15) is 12.1 Å². The normalized spacial score (nSPS) is 22.4. The van der Waals surface area contributed by atoms with Crippen LogP contribution in [-0.2, 0) is 16.6 Å². The monoisotopic (exact) mass is 798 g/mol. The van der Waals surface area contributed by atoms with Crippen molar-refractivity contribution >= 4 is 45.6 Å². The van der Waals surface area contributed by atoms with E-state index in [1.807, 2.05) is 28.8 Å². The van der Waals surface area contributed by atoms with Crippen molar-refractivity contribution in [2.24, 2.45) is 18.4 Å². The molecule has 15 nitrogen and oxygen atoms in total. The van der Waals surface area contributed by atoms with Gasteiger partial charge in [-0.2, -0.15) is 10.4 Å². The van der Waals surface area contributed by atoms with Crippen LogP contribution in [0.25, 0.3) is 16.6 Å². The summed E-state index contributed by atoms with van der Waals surface area (Å²) < 4.78 is 10.7. The molecular weight excluding hydrogens is 749 g/mol. The Hall–Kier alpha value is -6.01. The minimum Gasteiger partial charge on any atom is -0.493 e. The number of benzene rings is 1. The minimum absolute atomic E-state index is 0.224. The van der Waals surface area contributed by atoms with Crippen molar-refractivity contribution in [1.29, 1.82) is 5.26 Å². The number of carbonyl (C=O) groups excluding carboxylic acids is 3. The van der Waals surface area contributed by atoms with Crippen molar-refractivity contribution in [2.45, 2.75) is 76.2 Å². The molecule has 3 aliphatic heterocycles. The van der Waals surface area contributed by atoms with E-state index in [0.717, 1.165) is 86.3 Å². The third-order valence-electron chi connectivity index (χ3n) is 13.6. The van der Waals surface area contributed by atoms with Gasteiger partial charge in [0.25, 0.3) is 5.91 Å². The van der Waals surface area contributed by atoms with E-state index in [2.05, 4.69) is 37.6 Å². The van der Waals surface area contributed by atoms with E-state index in [0.29, 0.717) is 46.2 Å². The number of imide groups is 1. The number of imidazole rings is 1. The van der Waals surface area contributed by atoms with Crippen LogP contribution in [0.3, 0.4) is 0 Å². The van der Waals surface area contributed by atoms with Crippen molar-refractivity contribution in [1.82, 2.24) is 33.9 Å². The molecule has 0 radical (unpaired) electrons. The van der Waals surface area contributed by atoms with Gasteiger partial charge in [-0.25, -0.2) is 9.31 Å². The summed E-state index contributed by atoms with van der Waals surface area (Å²) in [5.41, 5.74) is 5.82. The number of carbonyl (C=O) groups is 3. The zero-order valence-electron chi connectivity index (χ0n) is 33.7. The molecule has 1 spiro atoms. The molecule has 4 fully saturated rings. The maximum Gasteiger partial charge on any atom is 0.329 e. The van der Waals surface area contributed by atoms with Gasteiger partial charge in [0.2, 0.25) is 11.8 Å². The summed E-state index contributed by atoms with van der Waals surface area (Å²) in [6.45, 7) is 5.27. The Kier molecular flexibility index (Phi) is 10.2. The lowest BCUT2D eigenvalue weighted by atomic mass is 9.71. The topological polar surface area (TPSA) is 172 Å². The number of anilines is 2. The molecule has 2 N–H and O–H groups in total. The van der Waals surface area contributed by atoms with Crippen LogP contribution in [0.1, 0.15) is 97.8 Å². The molecule has 1 aromatic carbocycles. The van der Waals surface area contributed by atoms with Gasteiger partial charge in [-0.05, 0) is 113 Å². The van der Waals surface area contributed by atoms with Crippen LogP contribution in [0, 0.1) is 22.7 Å². The number of nitriles is 1. The van der Waals surface area contributed by atoms with Gasteiger partial charge < -0.3 is 19.9 Å². The predicted octanol–water partition coefficient (Wildman–Crippen LogP) is 5.15. The number of pyridine rings is 2. The van der Waals surface area contributed by atoms with Gasteiger partial charge in [-0.15, -0.1) is 0 Å². The third-order valence-corrected chi connectivity index (χ3v) is 13.6. The summed E-state index contributed by atoms with van der Waals surface area (Å²) in [5.74, 6) is 0.482. The van der Waals surface area contributed by atoms with E-state index >= 15 is 0 Å². The number of para-hydroxylation sites is 1. The van der Waals surface area contributed by atoms with Crippen LogP contribution in [0.15, 0.2) is 59.8 Å². The summed E-state index contributed by atoms with van der Waals surface area (Å²) in [6, 6.07) is 12.8. The van der Waals surface area contributed by atoms with Gasteiger partial charge >= 0.3 is 5.69 Å². The fourth-order valence-corrected chi connectivity index (χ4v) is 10.2. The maximum absolute atomic E-state index is 13.5. The largest absolute Gasteiger partial charge is 0.493 e. The van der Waals surface area contributed by atoms with Crippen LogP contribution in [0.2, 0.25) is 0 Å². The number of amides is 3. The number of nitrogens with zero attached hydrogens (tertiary/aromatic N) is 8. The second-order valence-corrected chi connectivity index (χ2v) is 17.1. The molecule has 59 heavy (non-hydrogen) atoms. The molecule has 1 atom stereocenters. The molecule has 0 bridgehead atoms. The van der Waals surface area contributed by atoms with Crippen molar-refractivity contribution in [3.05, 3.63) is 82.3 Å². The van der Waals surface area contributed by atoms with Crippen LogP contribution in [0.4, 0.5) is 11.4 Å². The molecular formula is C44H50N10O5. The quantitative estimate of drug-likeness (QED) is 0.200. The second-order valence-electron chi connectivity index (χ2n) is 17.1. The Morgan fingerprint density at radius 3 is 2.49 bits per heavy atom. The lowest BCUT2D eigenvalue weighted by Crippen LogP contribution is -2.48. The van der Waals surface area contributed by atoms with Crippen LogP contribution >= 0.6 is 0 Å². The molecule has 15 heteroatoms. The van der Waals surface area contributed by atoms with Gasteiger partial charge in [0.05, 0.1) is 58.1 Å². The molecule has 1 unspecified atom stereocenters. The molecule has 3 amide bonds. The lowest BCUT2D eigenvalue weighted by Gasteiger charge is -2.48. The average Bonchev–Trinajstić information content (AvgIpc) is 3.79. The molecule has 1 saturated carbocycles. The Balaban J connectivity index is 0.777. The smallest absolute Gasteiger partial charge is 0.329 e. The number of piperidine rings is 3. The molecule has 1 aliphatic carbocycles. The number of hydrogen-bond acceptors (Lipinski definition) is 10. The lowest BCUT2D eigenvalue weighted by molar-refractivity contribution is -0.135. The second kappa shape index (κ2) is 15.6. The first-order valence-electron chi connectivity index (χ1n) is 20.9. The molecule has 3 saturated heterocycles. The van der Waals surface area contributed by atoms with E-state index in [9.17, 15) is 24.4 Å². The van der Waals surface area contributed by atoms with E-state index < -0.39 is 11.9 Å². The van der Waals surface area contributed by atoms with E-state index in [1.165, 1.54) is 44.1 Å². The summed E-state index contributed by atoms with van der Waals surface area (Å²) >= 11 is 0. The molecule has 4 aromatic heterocycles. The van der Waals surface area contributed by atoms with Crippen LogP contribution in [-0.4, -0.2) is 86.2 Å². The number of rotatable bonds is 8. The highest BCUT2D eigenvalue weighted by atomic mass is 16.5. The number of hydrogen-bond donors (Lipinski definition) is 2. The summed E-state index contributed by atoms with van der Waals surface area (Å²) in [6.07, 6.45) is 14.4. The van der Waals surface area contributed by atoms with Gasteiger partial charge in [-0.3, -0.25) is 33.8 Å². The number of fused-ring (bicyclic) bond motifs is 2. The summed E-state index contributed by atoms with van der Waals surface area (Å²) in [7, 11) is 3.34. The molecule has 9 rings (SSSR count). The highest BCUT2D eigenvalue weighted by Crippen LogP contribution is 2.44. The summed E-state index contributed by atoms with van der Waals surface area (Å²) in [4.78, 5) is 60.2. The molecule has 5 aromatic rings. The van der Waals surface area contributed by atoms with Gasteiger partial charge in [0.15, 0.2) is 5.75 Å². The van der Waals surface area contributed by atoms with Crippen molar-refractivity contribution in [2.75, 3.05) is 50.1 Å². The maximum atomic E-state index is 13.5. The van der Waals surface area contributed by atoms with Crippen molar-refractivity contribution < 1.29 is 19.1 Å². The first-order valence-corrected chi connectivity index (χ1v) is 20.9. The first kappa shape index (κ1) is 38.5. The highest BCUT2D eigenvalue weighted by Gasteiger charge is 2.39. The van der Waals surface area contributed by atoms with Gasteiger partial charge in [-0.1, -0.05) is 6.07 Å². The van der Waals surface area contributed by atoms with Crippen LogP contribution in [0.5, 0.6) is 5.75 Å². The Morgan fingerprint density at radius 2 is 1.76 bits per heavy atom. The van der Waals surface area contributed by atoms with Crippen LogP contribution < -0.4 is 26.0 Å². The Labute approximate surface area is 341 Å². The van der Waals surface area contributed by atoms with E-state index in [1.54, 1.807) is 29.5 Å². The number of ether oxygens (including phenoxy) is 1. The number of methoxy groups -OCH3 is 1. The molecule has 306 valence electrons. The van der Waals surface area contributed by atoms with Gasteiger partial charge in [0, 0.05) is 51.4 Å².